The van der Waals surface area contributed by atoms with E-state index in [0.29, 0.717) is 24.0 Å². The van der Waals surface area contributed by atoms with Crippen molar-refractivity contribution in [2.45, 2.75) is 51.4 Å². The number of carbonyl (C=O) groups excluding carboxylic acids is 1. The van der Waals surface area contributed by atoms with Crippen LogP contribution in [0.3, 0.4) is 0 Å². The lowest BCUT2D eigenvalue weighted by Crippen LogP contribution is -2.23. The summed E-state index contributed by atoms with van der Waals surface area (Å²) < 4.78 is 12.9. The van der Waals surface area contributed by atoms with Crippen LogP contribution in [0.2, 0.25) is 0 Å². The van der Waals surface area contributed by atoms with Crippen molar-refractivity contribution in [2.75, 3.05) is 5.32 Å². The summed E-state index contributed by atoms with van der Waals surface area (Å²) in [5, 5.41) is 12.1. The fourth-order valence-electron chi connectivity index (χ4n) is 3.90. The van der Waals surface area contributed by atoms with Crippen molar-refractivity contribution < 1.29 is 24.2 Å². The molecule has 2 unspecified atom stereocenters. The maximum Gasteiger partial charge on any atom is 0.413 e. The zero-order valence-corrected chi connectivity index (χ0v) is 20.0. The fourth-order valence-corrected chi connectivity index (χ4v) is 3.90. The lowest BCUT2D eigenvalue weighted by Gasteiger charge is -2.13. The van der Waals surface area contributed by atoms with E-state index in [1.165, 1.54) is 12.8 Å². The van der Waals surface area contributed by atoms with Gasteiger partial charge < -0.3 is 19.1 Å². The van der Waals surface area contributed by atoms with Crippen LogP contribution in [0.5, 0.6) is 0 Å². The SMILES string of the molecule is CC(OC(=O)Nc1cn(C)c(-c2ccc(COC(CCC3CC3)C(=O)O)cc2)n1)c1ccccc1. The third kappa shape index (κ3) is 6.93. The highest BCUT2D eigenvalue weighted by Crippen LogP contribution is 2.34. The molecule has 2 N–H and O–H groups in total. The van der Waals surface area contributed by atoms with E-state index in [4.69, 9.17) is 9.47 Å². The van der Waals surface area contributed by atoms with E-state index < -0.39 is 18.2 Å². The third-order valence-electron chi connectivity index (χ3n) is 6.13. The van der Waals surface area contributed by atoms with Gasteiger partial charge in [0.15, 0.2) is 11.9 Å². The minimum absolute atomic E-state index is 0.237. The highest BCUT2D eigenvalue weighted by Gasteiger charge is 2.25. The van der Waals surface area contributed by atoms with Crippen molar-refractivity contribution in [3.63, 3.8) is 0 Å². The Morgan fingerprint density at radius 2 is 1.86 bits per heavy atom. The Hall–Kier alpha value is -3.65. The minimum Gasteiger partial charge on any atom is -0.479 e. The predicted molar refractivity (Wildman–Crippen MR) is 132 cm³/mol. The van der Waals surface area contributed by atoms with Gasteiger partial charge in [-0.1, -0.05) is 67.4 Å². The molecular weight excluding hydrogens is 446 g/mol. The molecule has 184 valence electrons. The summed E-state index contributed by atoms with van der Waals surface area (Å²) in [6.07, 6.45) is 3.84. The molecule has 0 radical (unpaired) electrons. The van der Waals surface area contributed by atoms with E-state index in [1.807, 2.05) is 73.1 Å². The first kappa shape index (κ1) is 24.5. The number of imidazole rings is 1. The smallest absolute Gasteiger partial charge is 0.413 e. The Bertz CT molecular complexity index is 1140. The number of carbonyl (C=O) groups is 2. The van der Waals surface area contributed by atoms with Crippen LogP contribution in [0.1, 0.15) is 49.8 Å². The van der Waals surface area contributed by atoms with Crippen molar-refractivity contribution in [1.29, 1.82) is 0 Å². The molecule has 8 nitrogen and oxygen atoms in total. The van der Waals surface area contributed by atoms with Gasteiger partial charge >= 0.3 is 12.1 Å². The number of nitrogens with zero attached hydrogens (tertiary/aromatic N) is 2. The number of ether oxygens (including phenoxy) is 2. The standard InChI is InChI=1S/C27H31N3O5/c1-18(21-6-4-3-5-7-21)35-27(33)29-24-16-30(2)25(28-24)22-13-10-20(11-14-22)17-34-23(26(31)32)15-12-19-8-9-19/h3-7,10-11,13-14,16,18-19,23H,8-9,12,15,17H2,1-2H3,(H,29,33)(H,31,32). The van der Waals surface area contributed by atoms with Crippen molar-refractivity contribution in [2.24, 2.45) is 13.0 Å². The molecule has 8 heteroatoms. The number of hydrogen-bond acceptors (Lipinski definition) is 5. The van der Waals surface area contributed by atoms with E-state index in [2.05, 4.69) is 10.3 Å². The van der Waals surface area contributed by atoms with Gasteiger partial charge in [-0.25, -0.2) is 14.6 Å². The monoisotopic (exact) mass is 477 g/mol. The number of aryl methyl sites for hydroxylation is 1. The van der Waals surface area contributed by atoms with E-state index >= 15 is 0 Å². The Morgan fingerprint density at radius 1 is 1.14 bits per heavy atom. The number of aromatic nitrogens is 2. The largest absolute Gasteiger partial charge is 0.479 e. The van der Waals surface area contributed by atoms with E-state index in [9.17, 15) is 14.7 Å². The minimum atomic E-state index is -0.910. The number of carboxylic acid groups (broad SMARTS) is 1. The van der Waals surface area contributed by atoms with Crippen LogP contribution in [-0.2, 0) is 27.9 Å². The number of anilines is 1. The Kier molecular flexibility index (Phi) is 7.82. The van der Waals surface area contributed by atoms with Crippen molar-refractivity contribution in [3.8, 4) is 11.4 Å². The second-order valence-electron chi connectivity index (χ2n) is 9.00. The molecular formula is C27H31N3O5. The van der Waals surface area contributed by atoms with Gasteiger partial charge in [0.1, 0.15) is 11.9 Å². The second-order valence-corrected chi connectivity index (χ2v) is 9.00. The first-order valence-corrected chi connectivity index (χ1v) is 11.9. The van der Waals surface area contributed by atoms with Crippen LogP contribution in [0.15, 0.2) is 60.8 Å². The topological polar surface area (TPSA) is 103 Å². The lowest BCUT2D eigenvalue weighted by molar-refractivity contribution is -0.151. The molecule has 3 aromatic rings. The first-order chi connectivity index (χ1) is 16.9. The maximum atomic E-state index is 12.3. The number of rotatable bonds is 11. The molecule has 1 heterocycles. The van der Waals surface area contributed by atoms with E-state index in [-0.39, 0.29) is 12.7 Å². The molecule has 0 spiro atoms. The summed E-state index contributed by atoms with van der Waals surface area (Å²) in [7, 11) is 1.85. The molecule has 2 atom stereocenters. The zero-order chi connectivity index (χ0) is 24.8. The maximum absolute atomic E-state index is 12.3. The fraction of sp³-hybridized carbons (Fsp3) is 0.370. The van der Waals surface area contributed by atoms with E-state index in [1.54, 1.807) is 6.20 Å². The van der Waals surface area contributed by atoms with Gasteiger partial charge in [-0.2, -0.15) is 0 Å². The molecule has 4 rings (SSSR count). The third-order valence-corrected chi connectivity index (χ3v) is 6.13. The van der Waals surface area contributed by atoms with Crippen LogP contribution in [0.25, 0.3) is 11.4 Å². The molecule has 1 saturated carbocycles. The Morgan fingerprint density at radius 3 is 2.51 bits per heavy atom. The quantitative estimate of drug-likeness (QED) is 0.375. The summed E-state index contributed by atoms with van der Waals surface area (Å²) in [6, 6.07) is 17.1. The predicted octanol–water partition coefficient (Wildman–Crippen LogP) is 5.56. The molecule has 2 aromatic carbocycles. The number of nitrogens with one attached hydrogen (secondary N) is 1. The van der Waals surface area contributed by atoms with Crippen LogP contribution in [0.4, 0.5) is 10.6 Å². The van der Waals surface area contributed by atoms with Gasteiger partial charge in [0.05, 0.1) is 6.61 Å². The van der Waals surface area contributed by atoms with Gasteiger partial charge in [0.25, 0.3) is 0 Å². The van der Waals surface area contributed by atoms with E-state index in [0.717, 1.165) is 23.1 Å². The van der Waals surface area contributed by atoms with Gasteiger partial charge in [-0.3, -0.25) is 5.32 Å². The average molecular weight is 478 g/mol. The second kappa shape index (κ2) is 11.2. The van der Waals surface area contributed by atoms with Crippen molar-refractivity contribution in [1.82, 2.24) is 9.55 Å². The average Bonchev–Trinajstić information content (AvgIpc) is 3.60. The number of carboxylic acids is 1. The Labute approximate surface area is 204 Å². The first-order valence-electron chi connectivity index (χ1n) is 11.9. The molecule has 1 aliphatic carbocycles. The normalized spacial score (nSPS) is 14.8. The van der Waals surface area contributed by atoms with Crippen LogP contribution >= 0.6 is 0 Å². The molecule has 1 amide bonds. The number of amides is 1. The number of hydrogen-bond donors (Lipinski definition) is 2. The summed E-state index contributed by atoms with van der Waals surface area (Å²) in [5.74, 6) is 0.829. The lowest BCUT2D eigenvalue weighted by atomic mass is 10.1. The summed E-state index contributed by atoms with van der Waals surface area (Å²) >= 11 is 0. The molecule has 0 aliphatic heterocycles. The number of benzene rings is 2. The number of aliphatic carboxylic acids is 1. The molecule has 0 saturated heterocycles. The van der Waals surface area contributed by atoms with Gasteiger partial charge in [0.2, 0.25) is 0 Å². The van der Waals surface area contributed by atoms with Crippen molar-refractivity contribution >= 4 is 17.9 Å². The molecule has 1 aromatic heterocycles. The van der Waals surface area contributed by atoms with Crippen LogP contribution in [0, 0.1) is 5.92 Å². The summed E-state index contributed by atoms with van der Waals surface area (Å²) in [5.41, 5.74) is 2.65. The Balaban J connectivity index is 1.32. The molecule has 35 heavy (non-hydrogen) atoms. The van der Waals surface area contributed by atoms with Gasteiger partial charge in [0, 0.05) is 18.8 Å². The van der Waals surface area contributed by atoms with Gasteiger partial charge in [-0.05, 0) is 36.8 Å². The highest BCUT2D eigenvalue weighted by molar-refractivity contribution is 5.84. The highest BCUT2D eigenvalue weighted by atomic mass is 16.6. The molecule has 1 aliphatic rings. The summed E-state index contributed by atoms with van der Waals surface area (Å²) in [6.45, 7) is 2.05. The van der Waals surface area contributed by atoms with Crippen LogP contribution < -0.4 is 5.32 Å². The molecule has 0 bridgehead atoms. The molecule has 1 fully saturated rings. The zero-order valence-electron chi connectivity index (χ0n) is 20.0. The van der Waals surface area contributed by atoms with Crippen LogP contribution in [-0.4, -0.2) is 32.8 Å². The van der Waals surface area contributed by atoms with Crippen molar-refractivity contribution in [3.05, 3.63) is 71.9 Å². The summed E-state index contributed by atoms with van der Waals surface area (Å²) in [4.78, 5) is 28.3. The van der Waals surface area contributed by atoms with Gasteiger partial charge in [-0.15, -0.1) is 0 Å².